The number of carbonyl (C=O) groups excluding carboxylic acids is 1. The van der Waals surface area contributed by atoms with Crippen molar-refractivity contribution in [2.24, 2.45) is 0 Å². The van der Waals surface area contributed by atoms with Gasteiger partial charge in [0.25, 0.3) is 0 Å². The van der Waals surface area contributed by atoms with Crippen LogP contribution in [0.3, 0.4) is 0 Å². The first-order valence-electron chi connectivity index (χ1n) is 8.37. The lowest BCUT2D eigenvalue weighted by Gasteiger charge is -2.05. The number of hydrogen-bond donors (Lipinski definition) is 1. The van der Waals surface area contributed by atoms with Crippen LogP contribution in [0.25, 0.3) is 10.8 Å². The van der Waals surface area contributed by atoms with Crippen molar-refractivity contribution in [3.8, 4) is 10.8 Å². The Morgan fingerprint density at radius 1 is 1.30 bits per heavy atom. The maximum absolute atomic E-state index is 12.3. The molecule has 142 valence electrons. The van der Waals surface area contributed by atoms with Gasteiger partial charge >= 0.3 is 0 Å². The van der Waals surface area contributed by atoms with Gasteiger partial charge in [0, 0.05) is 22.4 Å². The number of hydrogen-bond acceptors (Lipinski definition) is 5. The van der Waals surface area contributed by atoms with Crippen LogP contribution in [0.15, 0.2) is 46.2 Å². The van der Waals surface area contributed by atoms with Gasteiger partial charge in [-0.05, 0) is 42.5 Å². The summed E-state index contributed by atoms with van der Waals surface area (Å²) in [6.45, 7) is 2.28. The zero-order chi connectivity index (χ0) is 19.2. The van der Waals surface area contributed by atoms with Crippen LogP contribution in [0.4, 0.5) is 0 Å². The van der Waals surface area contributed by atoms with Crippen LogP contribution in [0.5, 0.6) is 0 Å². The molecule has 0 aliphatic heterocycles. The molecule has 1 atom stereocenters. The number of thiophene rings is 1. The van der Waals surface area contributed by atoms with E-state index < -0.39 is 10.8 Å². The Hall–Kier alpha value is -1.96. The van der Waals surface area contributed by atoms with E-state index in [1.165, 1.54) is 11.3 Å². The summed E-state index contributed by atoms with van der Waals surface area (Å²) in [5.41, 5.74) is 1.71. The molecule has 3 aromatic rings. The van der Waals surface area contributed by atoms with Crippen molar-refractivity contribution in [3.63, 3.8) is 0 Å². The summed E-state index contributed by atoms with van der Waals surface area (Å²) in [5, 5.41) is 5.43. The van der Waals surface area contributed by atoms with Crippen molar-refractivity contribution < 1.29 is 13.4 Å². The summed E-state index contributed by atoms with van der Waals surface area (Å²) < 4.78 is 17.9. The highest BCUT2D eigenvalue weighted by molar-refractivity contribution is 7.84. The summed E-state index contributed by atoms with van der Waals surface area (Å²) in [7, 11) is -1.34. The number of aryl methyl sites for hydroxylation is 1. The van der Waals surface area contributed by atoms with E-state index in [2.05, 4.69) is 10.3 Å². The molecule has 0 bridgehead atoms. The molecule has 1 amide bonds. The number of carbonyl (C=O) groups is 1. The van der Waals surface area contributed by atoms with Gasteiger partial charge in [0.05, 0.1) is 16.3 Å². The van der Waals surface area contributed by atoms with Crippen molar-refractivity contribution >= 4 is 39.6 Å². The summed E-state index contributed by atoms with van der Waals surface area (Å²) in [5.74, 6) is 1.07. The van der Waals surface area contributed by atoms with Crippen molar-refractivity contribution in [2.45, 2.75) is 19.1 Å². The summed E-state index contributed by atoms with van der Waals surface area (Å²) >= 11 is 7.38. The number of aromatic nitrogens is 1. The van der Waals surface area contributed by atoms with E-state index in [1.54, 1.807) is 6.92 Å². The van der Waals surface area contributed by atoms with E-state index in [-0.39, 0.29) is 17.4 Å². The first-order chi connectivity index (χ1) is 13.0. The molecule has 0 aliphatic carbocycles. The lowest BCUT2D eigenvalue weighted by molar-refractivity contribution is -0.118. The predicted molar refractivity (Wildman–Crippen MR) is 109 cm³/mol. The van der Waals surface area contributed by atoms with Crippen molar-refractivity contribution in [2.75, 3.05) is 12.3 Å². The third kappa shape index (κ3) is 5.76. The zero-order valence-electron chi connectivity index (χ0n) is 14.7. The molecule has 0 saturated carbocycles. The smallest absolute Gasteiger partial charge is 0.236 e. The highest BCUT2D eigenvalue weighted by Crippen LogP contribution is 2.26. The predicted octanol–water partition coefficient (Wildman–Crippen LogP) is 3.97. The van der Waals surface area contributed by atoms with Gasteiger partial charge in [0.2, 0.25) is 11.8 Å². The van der Waals surface area contributed by atoms with E-state index in [0.717, 1.165) is 10.4 Å². The molecule has 0 radical (unpaired) electrons. The maximum Gasteiger partial charge on any atom is 0.236 e. The number of nitrogens with zero attached hydrogens (tertiary/aromatic N) is 1. The Morgan fingerprint density at radius 3 is 2.78 bits per heavy atom. The molecule has 0 fully saturated rings. The van der Waals surface area contributed by atoms with Crippen LogP contribution < -0.4 is 5.32 Å². The number of rotatable bonds is 8. The van der Waals surface area contributed by atoms with Crippen molar-refractivity contribution in [1.82, 2.24) is 10.3 Å². The number of halogens is 1. The molecule has 2 aromatic heterocycles. The topological polar surface area (TPSA) is 72.2 Å². The van der Waals surface area contributed by atoms with Gasteiger partial charge in [-0.1, -0.05) is 29.8 Å². The van der Waals surface area contributed by atoms with E-state index in [4.69, 9.17) is 16.0 Å². The van der Waals surface area contributed by atoms with Crippen LogP contribution >= 0.6 is 22.9 Å². The SMILES string of the molecule is Cc1oc(-c2cccs2)nc1C[S@@](=O)CC(=O)NCCc1ccc(Cl)cc1. The highest BCUT2D eigenvalue weighted by Gasteiger charge is 2.16. The molecule has 5 nitrogen and oxygen atoms in total. The van der Waals surface area contributed by atoms with Crippen molar-refractivity contribution in [3.05, 3.63) is 63.8 Å². The summed E-state index contributed by atoms with van der Waals surface area (Å²) in [6, 6.07) is 11.3. The van der Waals surface area contributed by atoms with Crippen molar-refractivity contribution in [1.29, 1.82) is 0 Å². The minimum atomic E-state index is -1.34. The van der Waals surface area contributed by atoms with Crippen LogP contribution in [-0.4, -0.2) is 27.4 Å². The fraction of sp³-hybridized carbons (Fsp3) is 0.263. The molecule has 0 aliphatic rings. The van der Waals surface area contributed by atoms with Crippen LogP contribution in [0.1, 0.15) is 17.0 Å². The van der Waals surface area contributed by atoms with Gasteiger partial charge in [-0.3, -0.25) is 9.00 Å². The third-order valence-corrected chi connectivity index (χ3v) is 6.15. The molecule has 1 aromatic carbocycles. The lowest BCUT2D eigenvalue weighted by Crippen LogP contribution is -2.30. The van der Waals surface area contributed by atoms with E-state index >= 15 is 0 Å². The molecule has 0 unspecified atom stereocenters. The molecule has 1 N–H and O–H groups in total. The van der Waals surface area contributed by atoms with E-state index in [0.29, 0.717) is 35.3 Å². The lowest BCUT2D eigenvalue weighted by atomic mass is 10.1. The normalized spacial score (nSPS) is 12.1. The Kier molecular flexibility index (Phi) is 6.82. The van der Waals surface area contributed by atoms with E-state index in [9.17, 15) is 9.00 Å². The molecular weight excluding hydrogens is 404 g/mol. The fourth-order valence-electron chi connectivity index (χ4n) is 2.47. The average Bonchev–Trinajstić information content (AvgIpc) is 3.27. The first-order valence-corrected chi connectivity index (χ1v) is 11.1. The molecule has 8 heteroatoms. The molecule has 0 spiro atoms. The molecule has 2 heterocycles. The minimum Gasteiger partial charge on any atom is -0.440 e. The van der Waals surface area contributed by atoms with Crippen LogP contribution in [0, 0.1) is 6.92 Å². The fourth-order valence-corrected chi connectivity index (χ4v) is 4.31. The van der Waals surface area contributed by atoms with Gasteiger partial charge in [0.1, 0.15) is 11.5 Å². The maximum atomic E-state index is 12.3. The second-order valence-corrected chi connectivity index (χ2v) is 8.80. The molecule has 27 heavy (non-hydrogen) atoms. The second kappa shape index (κ2) is 9.30. The number of amides is 1. The average molecular weight is 423 g/mol. The van der Waals surface area contributed by atoms with Crippen LogP contribution in [-0.2, 0) is 27.8 Å². The van der Waals surface area contributed by atoms with Gasteiger partial charge in [-0.2, -0.15) is 0 Å². The third-order valence-electron chi connectivity index (χ3n) is 3.86. The second-order valence-electron chi connectivity index (χ2n) is 5.95. The standard InChI is InChI=1S/C19H19ClN2O3S2/c1-13-16(22-19(25-13)17-3-2-10-26-17)11-27(24)12-18(23)21-9-8-14-4-6-15(20)7-5-14/h2-7,10H,8-9,11-12H2,1H3,(H,21,23)/t27-/m1/s1. The summed E-state index contributed by atoms with van der Waals surface area (Å²) in [6.07, 6.45) is 0.697. The Bertz CT molecular complexity index is 921. The minimum absolute atomic E-state index is 0.0543. The number of benzene rings is 1. The Balaban J connectivity index is 1.46. The highest BCUT2D eigenvalue weighted by atomic mass is 35.5. The molecular formula is C19H19ClN2O3S2. The van der Waals surface area contributed by atoms with Crippen LogP contribution in [0.2, 0.25) is 5.02 Å². The number of oxazole rings is 1. The van der Waals surface area contributed by atoms with Gasteiger partial charge < -0.3 is 9.73 Å². The first kappa shape index (κ1) is 19.8. The molecule has 0 saturated heterocycles. The van der Waals surface area contributed by atoms with Gasteiger partial charge in [0.15, 0.2) is 0 Å². The largest absolute Gasteiger partial charge is 0.440 e. The number of nitrogens with one attached hydrogen (secondary N) is 1. The summed E-state index contributed by atoms with van der Waals surface area (Å²) in [4.78, 5) is 17.3. The quantitative estimate of drug-likeness (QED) is 0.596. The Morgan fingerprint density at radius 2 is 2.07 bits per heavy atom. The molecule has 3 rings (SSSR count). The van der Waals surface area contributed by atoms with E-state index in [1.807, 2.05) is 41.8 Å². The monoisotopic (exact) mass is 422 g/mol. The van der Waals surface area contributed by atoms with Gasteiger partial charge in [-0.25, -0.2) is 4.98 Å². The van der Waals surface area contributed by atoms with Gasteiger partial charge in [-0.15, -0.1) is 11.3 Å². The Labute approximate surface area is 169 Å². The zero-order valence-corrected chi connectivity index (χ0v) is 17.1.